The highest BCUT2D eigenvalue weighted by Gasteiger charge is 2.30. The van der Waals surface area contributed by atoms with E-state index in [4.69, 9.17) is 4.74 Å². The molecule has 2 aromatic carbocycles. The van der Waals surface area contributed by atoms with Crippen molar-refractivity contribution in [3.05, 3.63) is 59.2 Å². The molecule has 162 valence electrons. The summed E-state index contributed by atoms with van der Waals surface area (Å²) in [6.07, 6.45) is 2.50. The number of aliphatic hydroxyl groups excluding tert-OH is 1. The van der Waals surface area contributed by atoms with Crippen LogP contribution in [0.1, 0.15) is 23.1 Å². The summed E-state index contributed by atoms with van der Waals surface area (Å²) in [5.41, 5.74) is 3.56. The second-order valence-corrected chi connectivity index (χ2v) is 10.2. The third-order valence-electron chi connectivity index (χ3n) is 5.94. The van der Waals surface area contributed by atoms with Crippen molar-refractivity contribution in [1.29, 1.82) is 0 Å². The molecule has 4 rings (SSSR count). The van der Waals surface area contributed by atoms with E-state index in [1.165, 1.54) is 11.1 Å². The summed E-state index contributed by atoms with van der Waals surface area (Å²) in [7, 11) is -3.47. The maximum Gasteiger partial charge on any atom is 0.243 e. The van der Waals surface area contributed by atoms with Crippen LogP contribution in [0.4, 0.5) is 0 Å². The Labute approximate surface area is 179 Å². The van der Waals surface area contributed by atoms with Crippen molar-refractivity contribution >= 4 is 10.0 Å². The van der Waals surface area contributed by atoms with Gasteiger partial charge in [-0.05, 0) is 67.1 Å². The van der Waals surface area contributed by atoms with Crippen molar-refractivity contribution < 1.29 is 18.3 Å². The number of aliphatic hydroxyl groups is 1. The Morgan fingerprint density at radius 3 is 2.57 bits per heavy atom. The first-order chi connectivity index (χ1) is 14.4. The smallest absolute Gasteiger partial charge is 0.243 e. The number of rotatable bonds is 7. The lowest BCUT2D eigenvalue weighted by Gasteiger charge is -2.34. The lowest BCUT2D eigenvalue weighted by atomic mass is 10.1. The molecular weight excluding hydrogens is 400 g/mol. The number of benzene rings is 2. The van der Waals surface area contributed by atoms with Gasteiger partial charge in [0.15, 0.2) is 0 Å². The van der Waals surface area contributed by atoms with Gasteiger partial charge in [-0.3, -0.25) is 4.90 Å². The van der Waals surface area contributed by atoms with Crippen LogP contribution in [0.3, 0.4) is 0 Å². The van der Waals surface area contributed by atoms with Crippen LogP contribution in [0.25, 0.3) is 0 Å². The SMILES string of the molecule is Cc1cccc(OCC(O)CN2CCN(S(=O)(=O)c3ccc4c(c3)CCC4)CC2)c1. The minimum Gasteiger partial charge on any atom is -0.491 e. The van der Waals surface area contributed by atoms with Gasteiger partial charge in [0.05, 0.1) is 4.90 Å². The summed E-state index contributed by atoms with van der Waals surface area (Å²) >= 11 is 0. The molecule has 1 aliphatic carbocycles. The number of sulfonamides is 1. The van der Waals surface area contributed by atoms with Crippen molar-refractivity contribution in [2.75, 3.05) is 39.3 Å². The maximum atomic E-state index is 13.0. The average molecular weight is 431 g/mol. The van der Waals surface area contributed by atoms with Crippen LogP contribution in [-0.2, 0) is 22.9 Å². The molecule has 1 heterocycles. The van der Waals surface area contributed by atoms with E-state index in [1.807, 2.05) is 43.3 Å². The molecule has 1 N–H and O–H groups in total. The van der Waals surface area contributed by atoms with Gasteiger partial charge in [-0.1, -0.05) is 18.2 Å². The fourth-order valence-corrected chi connectivity index (χ4v) is 5.73. The van der Waals surface area contributed by atoms with Crippen molar-refractivity contribution in [3.63, 3.8) is 0 Å². The Morgan fingerprint density at radius 1 is 1.03 bits per heavy atom. The zero-order chi connectivity index (χ0) is 21.1. The predicted molar refractivity (Wildman–Crippen MR) is 116 cm³/mol. The fraction of sp³-hybridized carbons (Fsp3) is 0.478. The number of β-amino-alcohol motifs (C(OH)–C–C–N with tert-alkyl or cyclic N) is 1. The molecule has 1 unspecified atom stereocenters. The van der Waals surface area contributed by atoms with E-state index in [1.54, 1.807) is 10.4 Å². The van der Waals surface area contributed by atoms with Crippen LogP contribution < -0.4 is 4.74 Å². The van der Waals surface area contributed by atoms with Gasteiger partial charge in [-0.2, -0.15) is 4.31 Å². The molecule has 1 fully saturated rings. The van der Waals surface area contributed by atoms with Crippen molar-refractivity contribution in [3.8, 4) is 5.75 Å². The van der Waals surface area contributed by atoms with Crippen LogP contribution in [0.15, 0.2) is 47.4 Å². The first-order valence-corrected chi connectivity index (χ1v) is 12.1. The van der Waals surface area contributed by atoms with Crippen LogP contribution in [0, 0.1) is 6.92 Å². The highest BCUT2D eigenvalue weighted by atomic mass is 32.2. The number of nitrogens with zero attached hydrogens (tertiary/aromatic N) is 2. The monoisotopic (exact) mass is 430 g/mol. The van der Waals surface area contributed by atoms with Gasteiger partial charge >= 0.3 is 0 Å². The van der Waals surface area contributed by atoms with Crippen LogP contribution in [0.2, 0.25) is 0 Å². The van der Waals surface area contributed by atoms with Crippen LogP contribution in [-0.4, -0.2) is 68.2 Å². The molecule has 1 saturated heterocycles. The minimum atomic E-state index is -3.47. The number of fused-ring (bicyclic) bond motifs is 1. The number of ether oxygens (including phenoxy) is 1. The molecule has 0 radical (unpaired) electrons. The molecule has 0 amide bonds. The van der Waals surface area contributed by atoms with E-state index < -0.39 is 16.1 Å². The molecule has 7 heteroatoms. The Kier molecular flexibility index (Phi) is 6.43. The molecular formula is C23H30N2O4S. The summed E-state index contributed by atoms with van der Waals surface area (Å²) in [5, 5.41) is 10.3. The van der Waals surface area contributed by atoms with Gasteiger partial charge in [0.1, 0.15) is 18.5 Å². The molecule has 1 aliphatic heterocycles. The van der Waals surface area contributed by atoms with Crippen LogP contribution >= 0.6 is 0 Å². The highest BCUT2D eigenvalue weighted by Crippen LogP contribution is 2.26. The summed E-state index contributed by atoms with van der Waals surface area (Å²) < 4.78 is 33.3. The zero-order valence-corrected chi connectivity index (χ0v) is 18.3. The number of piperazine rings is 1. The number of hydrogen-bond donors (Lipinski definition) is 1. The summed E-state index contributed by atoms with van der Waals surface area (Å²) in [5.74, 6) is 0.749. The average Bonchev–Trinajstić information content (AvgIpc) is 3.21. The Balaban J connectivity index is 1.28. The Morgan fingerprint density at radius 2 is 1.80 bits per heavy atom. The van der Waals surface area contributed by atoms with Gasteiger partial charge in [-0.15, -0.1) is 0 Å². The third-order valence-corrected chi connectivity index (χ3v) is 7.83. The number of hydrogen-bond acceptors (Lipinski definition) is 5. The van der Waals surface area contributed by atoms with E-state index in [0.717, 1.165) is 30.6 Å². The van der Waals surface area contributed by atoms with E-state index in [-0.39, 0.29) is 6.61 Å². The highest BCUT2D eigenvalue weighted by molar-refractivity contribution is 7.89. The second kappa shape index (κ2) is 9.06. The van der Waals surface area contributed by atoms with Crippen molar-refractivity contribution in [2.24, 2.45) is 0 Å². The Hall–Kier alpha value is -1.93. The first kappa shape index (κ1) is 21.3. The van der Waals surface area contributed by atoms with Crippen molar-refractivity contribution in [1.82, 2.24) is 9.21 Å². The zero-order valence-electron chi connectivity index (χ0n) is 17.5. The molecule has 0 bridgehead atoms. The normalized spacial score (nSPS) is 18.9. The molecule has 6 nitrogen and oxygen atoms in total. The van der Waals surface area contributed by atoms with Crippen molar-refractivity contribution in [2.45, 2.75) is 37.2 Å². The van der Waals surface area contributed by atoms with E-state index in [0.29, 0.717) is 37.6 Å². The minimum absolute atomic E-state index is 0.219. The van der Waals surface area contributed by atoms with Gasteiger partial charge in [0.2, 0.25) is 10.0 Å². The van der Waals surface area contributed by atoms with E-state index in [9.17, 15) is 13.5 Å². The van der Waals surface area contributed by atoms with Gasteiger partial charge in [0.25, 0.3) is 0 Å². The quantitative estimate of drug-likeness (QED) is 0.730. The molecule has 2 aromatic rings. The molecule has 2 aliphatic rings. The molecule has 0 spiro atoms. The summed E-state index contributed by atoms with van der Waals surface area (Å²) in [6, 6.07) is 13.3. The fourth-order valence-electron chi connectivity index (χ4n) is 4.26. The maximum absolute atomic E-state index is 13.0. The molecule has 1 atom stereocenters. The lowest BCUT2D eigenvalue weighted by Crippen LogP contribution is -2.50. The number of aryl methyl sites for hydroxylation is 3. The van der Waals surface area contributed by atoms with Gasteiger partial charge in [0, 0.05) is 32.7 Å². The molecule has 0 saturated carbocycles. The standard InChI is InChI=1S/C23H30N2O4S/c1-18-4-2-7-22(14-18)29-17-21(26)16-24-10-12-25(13-11-24)30(27,28)23-9-8-19-5-3-6-20(19)15-23/h2,4,7-9,14-15,21,26H,3,5-6,10-13,16-17H2,1H3. The topological polar surface area (TPSA) is 70.1 Å². The van der Waals surface area contributed by atoms with Gasteiger partial charge in [-0.25, -0.2) is 8.42 Å². The third kappa shape index (κ3) is 4.86. The van der Waals surface area contributed by atoms with Crippen LogP contribution in [0.5, 0.6) is 5.75 Å². The summed E-state index contributed by atoms with van der Waals surface area (Å²) in [6.45, 7) is 4.77. The van der Waals surface area contributed by atoms with E-state index in [2.05, 4.69) is 4.90 Å². The van der Waals surface area contributed by atoms with E-state index >= 15 is 0 Å². The lowest BCUT2D eigenvalue weighted by molar-refractivity contribution is 0.0569. The van der Waals surface area contributed by atoms with Gasteiger partial charge < -0.3 is 9.84 Å². The second-order valence-electron chi connectivity index (χ2n) is 8.27. The largest absolute Gasteiger partial charge is 0.491 e. The summed E-state index contributed by atoms with van der Waals surface area (Å²) in [4.78, 5) is 2.50. The molecule has 30 heavy (non-hydrogen) atoms. The Bertz CT molecular complexity index is 984. The molecule has 0 aromatic heterocycles. The first-order valence-electron chi connectivity index (χ1n) is 10.6. The predicted octanol–water partition coefficient (Wildman–Crippen LogP) is 2.23.